The van der Waals surface area contributed by atoms with Crippen LogP contribution in [-0.2, 0) is 11.3 Å². The molecule has 2 aromatic carbocycles. The van der Waals surface area contributed by atoms with Gasteiger partial charge < -0.3 is 15.0 Å². The maximum Gasteiger partial charge on any atom is 0.0594 e. The largest absolute Gasteiger partial charge is 0.379 e. The van der Waals surface area contributed by atoms with E-state index in [1.807, 2.05) is 12.3 Å². The summed E-state index contributed by atoms with van der Waals surface area (Å²) in [6, 6.07) is 15.9. The molecule has 0 spiro atoms. The molecule has 2 heterocycles. The quantitative estimate of drug-likeness (QED) is 0.767. The monoisotopic (exact) mass is 320 g/mol. The third-order valence-electron chi connectivity index (χ3n) is 4.70. The first-order chi connectivity index (χ1) is 11.8. The second-order valence-corrected chi connectivity index (χ2v) is 6.26. The zero-order valence-corrected chi connectivity index (χ0v) is 13.9. The van der Waals surface area contributed by atoms with E-state index in [4.69, 9.17) is 4.74 Å². The molecule has 1 aromatic heterocycles. The van der Waals surface area contributed by atoms with Crippen molar-refractivity contribution in [3.8, 4) is 0 Å². The first-order valence-electron chi connectivity index (χ1n) is 8.44. The Morgan fingerprint density at radius 1 is 1.21 bits per heavy atom. The van der Waals surface area contributed by atoms with Crippen LogP contribution < -0.4 is 5.32 Å². The Labute approximate surface area is 142 Å². The van der Waals surface area contributed by atoms with E-state index in [1.54, 1.807) is 0 Å². The minimum atomic E-state index is 0.822. The number of hydrogen-bond acceptors (Lipinski definition) is 3. The van der Waals surface area contributed by atoms with Crippen LogP contribution in [0.2, 0.25) is 0 Å². The number of rotatable bonds is 4. The van der Waals surface area contributed by atoms with Gasteiger partial charge in [0.05, 0.1) is 18.9 Å². The van der Waals surface area contributed by atoms with E-state index in [0.717, 1.165) is 44.2 Å². The summed E-state index contributed by atoms with van der Waals surface area (Å²) in [6.45, 7) is 6.70. The molecule has 1 fully saturated rings. The summed E-state index contributed by atoms with van der Waals surface area (Å²) in [5, 5.41) is 4.84. The highest BCUT2D eigenvalue weighted by Gasteiger charge is 2.13. The number of nitrogens with one attached hydrogen (secondary N) is 2. The molecule has 1 radical (unpaired) electrons. The molecule has 0 bridgehead atoms. The zero-order valence-electron chi connectivity index (χ0n) is 13.9. The SMILES string of the molecule is Cc1c(Nc2[c]cccc2CN2CCOCC2)ccc2[nH]ccc12. The molecule has 1 saturated heterocycles. The lowest BCUT2D eigenvalue weighted by atomic mass is 10.1. The number of para-hydroxylation sites is 1. The van der Waals surface area contributed by atoms with Gasteiger partial charge in [0, 0.05) is 48.5 Å². The summed E-state index contributed by atoms with van der Waals surface area (Å²) in [7, 11) is 0. The fourth-order valence-corrected chi connectivity index (χ4v) is 3.27. The molecule has 123 valence electrons. The van der Waals surface area contributed by atoms with Crippen molar-refractivity contribution in [2.24, 2.45) is 0 Å². The van der Waals surface area contributed by atoms with Crippen molar-refractivity contribution in [3.05, 3.63) is 59.8 Å². The molecule has 3 aromatic rings. The third kappa shape index (κ3) is 3.03. The third-order valence-corrected chi connectivity index (χ3v) is 4.70. The van der Waals surface area contributed by atoms with Crippen molar-refractivity contribution in [1.29, 1.82) is 0 Å². The first-order valence-corrected chi connectivity index (χ1v) is 8.44. The highest BCUT2D eigenvalue weighted by Crippen LogP contribution is 2.29. The number of fused-ring (bicyclic) bond motifs is 1. The van der Waals surface area contributed by atoms with Crippen LogP contribution in [-0.4, -0.2) is 36.2 Å². The average molecular weight is 320 g/mol. The molecule has 4 nitrogen and oxygen atoms in total. The van der Waals surface area contributed by atoms with Gasteiger partial charge in [-0.15, -0.1) is 0 Å². The lowest BCUT2D eigenvalue weighted by molar-refractivity contribution is 0.0343. The molecule has 1 aliphatic rings. The van der Waals surface area contributed by atoms with Gasteiger partial charge in [0.1, 0.15) is 0 Å². The molecule has 2 N–H and O–H groups in total. The second kappa shape index (κ2) is 6.67. The Morgan fingerprint density at radius 2 is 2.08 bits per heavy atom. The lowest BCUT2D eigenvalue weighted by Crippen LogP contribution is -2.35. The van der Waals surface area contributed by atoms with Crippen molar-refractivity contribution in [2.45, 2.75) is 13.5 Å². The molecule has 1 aliphatic heterocycles. The molecule has 0 saturated carbocycles. The van der Waals surface area contributed by atoms with E-state index in [1.165, 1.54) is 22.0 Å². The van der Waals surface area contributed by atoms with Crippen molar-refractivity contribution >= 4 is 22.3 Å². The fourth-order valence-electron chi connectivity index (χ4n) is 3.27. The first kappa shape index (κ1) is 15.2. The number of benzene rings is 2. The molecule has 0 atom stereocenters. The van der Waals surface area contributed by atoms with Crippen molar-refractivity contribution in [2.75, 3.05) is 31.6 Å². The van der Waals surface area contributed by atoms with E-state index in [2.05, 4.69) is 58.5 Å². The van der Waals surface area contributed by atoms with Crippen molar-refractivity contribution in [3.63, 3.8) is 0 Å². The number of aromatic amines is 1. The lowest BCUT2D eigenvalue weighted by Gasteiger charge is -2.27. The fraction of sp³-hybridized carbons (Fsp3) is 0.300. The van der Waals surface area contributed by atoms with Gasteiger partial charge in [0.15, 0.2) is 0 Å². The summed E-state index contributed by atoms with van der Waals surface area (Å²) >= 11 is 0. The number of morpholine rings is 1. The molecular weight excluding hydrogens is 298 g/mol. The number of H-pyrrole nitrogens is 1. The predicted molar refractivity (Wildman–Crippen MR) is 97.7 cm³/mol. The van der Waals surface area contributed by atoms with Gasteiger partial charge in [-0.3, -0.25) is 4.90 Å². The molecule has 4 rings (SSSR count). The van der Waals surface area contributed by atoms with Crippen LogP contribution in [0.25, 0.3) is 10.9 Å². The van der Waals surface area contributed by atoms with Gasteiger partial charge in [0.2, 0.25) is 0 Å². The van der Waals surface area contributed by atoms with E-state index >= 15 is 0 Å². The molecular formula is C20H22N3O. The number of nitrogens with zero attached hydrogens (tertiary/aromatic N) is 1. The summed E-state index contributed by atoms with van der Waals surface area (Å²) in [6.07, 6.45) is 1.99. The van der Waals surface area contributed by atoms with E-state index < -0.39 is 0 Å². The zero-order chi connectivity index (χ0) is 16.4. The Kier molecular flexibility index (Phi) is 4.24. The minimum absolute atomic E-state index is 0.822. The standard InChI is InChI=1S/C20H22N3O/c1-15-17-8-9-21-20(17)7-6-18(15)22-19-5-3-2-4-16(19)14-23-10-12-24-13-11-23/h2-4,6-9,21-22H,10-14H2,1H3. The van der Waals surface area contributed by atoms with Crippen LogP contribution in [0.15, 0.2) is 42.6 Å². The molecule has 0 amide bonds. The molecule has 0 unspecified atom stereocenters. The topological polar surface area (TPSA) is 40.3 Å². The summed E-state index contributed by atoms with van der Waals surface area (Å²) in [5.41, 5.74) is 5.88. The smallest absolute Gasteiger partial charge is 0.0594 e. The van der Waals surface area contributed by atoms with E-state index in [0.29, 0.717) is 0 Å². The van der Waals surface area contributed by atoms with Crippen LogP contribution in [0, 0.1) is 13.0 Å². The van der Waals surface area contributed by atoms with Crippen LogP contribution in [0.5, 0.6) is 0 Å². The van der Waals surface area contributed by atoms with Gasteiger partial charge >= 0.3 is 0 Å². The Balaban J connectivity index is 1.60. The maximum atomic E-state index is 5.44. The van der Waals surface area contributed by atoms with Crippen LogP contribution in [0.3, 0.4) is 0 Å². The van der Waals surface area contributed by atoms with E-state index in [-0.39, 0.29) is 0 Å². The number of hydrogen-bond donors (Lipinski definition) is 2. The number of ether oxygens (including phenoxy) is 1. The maximum absolute atomic E-state index is 5.44. The highest BCUT2D eigenvalue weighted by molar-refractivity contribution is 5.88. The normalized spacial score (nSPS) is 15.7. The second-order valence-electron chi connectivity index (χ2n) is 6.26. The predicted octanol–water partition coefficient (Wildman–Crippen LogP) is 3.85. The Bertz CT molecular complexity index is 834. The summed E-state index contributed by atoms with van der Waals surface area (Å²) in [5.74, 6) is 0. The van der Waals surface area contributed by atoms with Gasteiger partial charge in [-0.2, -0.15) is 0 Å². The average Bonchev–Trinajstić information content (AvgIpc) is 3.09. The molecule has 24 heavy (non-hydrogen) atoms. The number of aromatic nitrogens is 1. The number of anilines is 2. The molecule has 0 aliphatic carbocycles. The summed E-state index contributed by atoms with van der Waals surface area (Å²) in [4.78, 5) is 5.69. The van der Waals surface area contributed by atoms with Gasteiger partial charge in [-0.1, -0.05) is 18.2 Å². The van der Waals surface area contributed by atoms with Crippen molar-refractivity contribution < 1.29 is 4.74 Å². The van der Waals surface area contributed by atoms with Crippen LogP contribution >= 0.6 is 0 Å². The van der Waals surface area contributed by atoms with Gasteiger partial charge in [-0.05, 0) is 36.2 Å². The minimum Gasteiger partial charge on any atom is -0.379 e. The van der Waals surface area contributed by atoms with Gasteiger partial charge in [-0.25, -0.2) is 0 Å². The van der Waals surface area contributed by atoms with Crippen molar-refractivity contribution in [1.82, 2.24) is 9.88 Å². The van der Waals surface area contributed by atoms with Crippen LogP contribution in [0.1, 0.15) is 11.1 Å². The van der Waals surface area contributed by atoms with Gasteiger partial charge in [0.25, 0.3) is 0 Å². The Morgan fingerprint density at radius 3 is 2.96 bits per heavy atom. The highest BCUT2D eigenvalue weighted by atomic mass is 16.5. The Hall–Kier alpha value is -2.30. The number of aryl methyl sites for hydroxylation is 1. The van der Waals surface area contributed by atoms with E-state index in [9.17, 15) is 0 Å². The summed E-state index contributed by atoms with van der Waals surface area (Å²) < 4.78 is 5.44. The van der Waals surface area contributed by atoms with Crippen LogP contribution in [0.4, 0.5) is 11.4 Å². The molecule has 4 heteroatoms.